The van der Waals surface area contributed by atoms with Crippen LogP contribution in [0.2, 0.25) is 0 Å². The largest absolute Gasteiger partial charge is 0.480 e. The number of hydrogen-bond acceptors (Lipinski definition) is 5. The van der Waals surface area contributed by atoms with Gasteiger partial charge in [0.05, 0.1) is 0 Å². The van der Waals surface area contributed by atoms with Crippen molar-refractivity contribution in [1.29, 1.82) is 0 Å². The van der Waals surface area contributed by atoms with Crippen LogP contribution in [0, 0.1) is 0 Å². The summed E-state index contributed by atoms with van der Waals surface area (Å²) in [7, 11) is 0. The van der Waals surface area contributed by atoms with Gasteiger partial charge in [0, 0.05) is 12.5 Å². The SMILES string of the molecule is N[C@H](C/C=C/C[C@H]1CCCCc2noc(=O)n21)C(=O)O. The first kappa shape index (κ1) is 14.5. The fourth-order valence-electron chi connectivity index (χ4n) is 2.42. The molecule has 0 aliphatic carbocycles. The number of carboxylic acids is 1. The van der Waals surface area contributed by atoms with Crippen molar-refractivity contribution < 1.29 is 14.4 Å². The molecule has 0 amide bonds. The van der Waals surface area contributed by atoms with Crippen LogP contribution < -0.4 is 11.5 Å². The zero-order valence-electron chi connectivity index (χ0n) is 11.2. The van der Waals surface area contributed by atoms with Gasteiger partial charge in [-0.25, -0.2) is 4.79 Å². The number of aromatic nitrogens is 2. The molecule has 0 saturated heterocycles. The molecule has 0 unspecified atom stereocenters. The minimum Gasteiger partial charge on any atom is -0.480 e. The summed E-state index contributed by atoms with van der Waals surface area (Å²) in [6, 6.07) is -0.849. The highest BCUT2D eigenvalue weighted by Gasteiger charge is 2.21. The zero-order valence-corrected chi connectivity index (χ0v) is 11.2. The highest BCUT2D eigenvalue weighted by atomic mass is 16.5. The second-order valence-electron chi connectivity index (χ2n) is 5.02. The molecule has 0 fully saturated rings. The van der Waals surface area contributed by atoms with Crippen LogP contribution in [0.1, 0.15) is 44.0 Å². The molecule has 7 nitrogen and oxygen atoms in total. The lowest BCUT2D eigenvalue weighted by Crippen LogP contribution is -2.29. The first-order valence-electron chi connectivity index (χ1n) is 6.80. The van der Waals surface area contributed by atoms with E-state index in [4.69, 9.17) is 15.4 Å². The number of hydrogen-bond donors (Lipinski definition) is 2. The van der Waals surface area contributed by atoms with Crippen molar-refractivity contribution in [2.45, 2.75) is 50.6 Å². The third kappa shape index (κ3) is 3.36. The van der Waals surface area contributed by atoms with E-state index in [0.717, 1.165) is 25.7 Å². The number of aryl methyl sites for hydroxylation is 1. The summed E-state index contributed by atoms with van der Waals surface area (Å²) in [6.07, 6.45) is 8.25. The highest BCUT2D eigenvalue weighted by Crippen LogP contribution is 2.24. The second-order valence-corrected chi connectivity index (χ2v) is 5.02. The van der Waals surface area contributed by atoms with Crippen LogP contribution in [0.4, 0.5) is 0 Å². The molecule has 1 aliphatic heterocycles. The molecule has 0 aromatic carbocycles. The Bertz CT molecular complexity index is 546. The van der Waals surface area contributed by atoms with Gasteiger partial charge < -0.3 is 10.8 Å². The second kappa shape index (κ2) is 6.51. The molecule has 7 heteroatoms. The lowest BCUT2D eigenvalue weighted by Gasteiger charge is -2.13. The fraction of sp³-hybridized carbons (Fsp3) is 0.615. The molecule has 3 N–H and O–H groups in total. The summed E-state index contributed by atoms with van der Waals surface area (Å²) in [5.41, 5.74) is 5.41. The number of carbonyl (C=O) groups is 1. The minimum atomic E-state index is -1.01. The molecule has 1 aromatic heterocycles. The molecule has 20 heavy (non-hydrogen) atoms. The van der Waals surface area contributed by atoms with Crippen LogP contribution in [0.5, 0.6) is 0 Å². The predicted octanol–water partition coefficient (Wildman–Crippen LogP) is 0.852. The summed E-state index contributed by atoms with van der Waals surface area (Å²) in [5.74, 6) is -0.725. The topological polar surface area (TPSA) is 111 Å². The van der Waals surface area contributed by atoms with Crippen molar-refractivity contribution in [2.75, 3.05) is 0 Å². The van der Waals surface area contributed by atoms with Gasteiger partial charge in [-0.05, 0) is 25.7 Å². The predicted molar refractivity (Wildman–Crippen MR) is 71.3 cm³/mol. The van der Waals surface area contributed by atoms with Gasteiger partial charge in [-0.2, -0.15) is 0 Å². The molecular weight excluding hydrogens is 262 g/mol. The quantitative estimate of drug-likeness (QED) is 0.774. The molecule has 0 radical (unpaired) electrons. The average molecular weight is 281 g/mol. The molecule has 110 valence electrons. The van der Waals surface area contributed by atoms with Crippen molar-refractivity contribution in [3.8, 4) is 0 Å². The zero-order chi connectivity index (χ0) is 14.5. The first-order chi connectivity index (χ1) is 9.59. The number of nitrogens with two attached hydrogens (primary N) is 1. The molecule has 1 aromatic rings. The highest BCUT2D eigenvalue weighted by molar-refractivity contribution is 5.73. The minimum absolute atomic E-state index is 0.0311. The van der Waals surface area contributed by atoms with Gasteiger partial charge >= 0.3 is 11.7 Å². The molecule has 2 rings (SSSR count). The van der Waals surface area contributed by atoms with Crippen LogP contribution in [-0.2, 0) is 11.2 Å². The van der Waals surface area contributed by atoms with Crippen LogP contribution >= 0.6 is 0 Å². The third-order valence-electron chi connectivity index (χ3n) is 3.54. The van der Waals surface area contributed by atoms with E-state index in [1.54, 1.807) is 10.6 Å². The van der Waals surface area contributed by atoms with Crippen LogP contribution in [0.3, 0.4) is 0 Å². The van der Waals surface area contributed by atoms with E-state index < -0.39 is 17.8 Å². The summed E-state index contributed by atoms with van der Waals surface area (Å²) < 4.78 is 6.33. The maximum absolute atomic E-state index is 11.7. The Morgan fingerprint density at radius 3 is 3.10 bits per heavy atom. The van der Waals surface area contributed by atoms with Crippen molar-refractivity contribution in [3.05, 3.63) is 28.5 Å². The fourth-order valence-corrected chi connectivity index (χ4v) is 2.42. The maximum atomic E-state index is 11.7. The number of rotatable bonds is 5. The summed E-state index contributed by atoms with van der Waals surface area (Å²) in [5, 5.41) is 12.5. The average Bonchev–Trinajstić information content (AvgIpc) is 2.66. The number of allylic oxidation sites excluding steroid dienone is 1. The lowest BCUT2D eigenvalue weighted by atomic mass is 10.1. The lowest BCUT2D eigenvalue weighted by molar-refractivity contribution is -0.138. The van der Waals surface area contributed by atoms with Gasteiger partial charge in [-0.3, -0.25) is 13.9 Å². The van der Waals surface area contributed by atoms with Gasteiger partial charge in [0.2, 0.25) is 0 Å². The van der Waals surface area contributed by atoms with E-state index in [9.17, 15) is 9.59 Å². The number of nitrogens with zero attached hydrogens (tertiary/aromatic N) is 2. The molecular formula is C13H19N3O4. The smallest absolute Gasteiger partial charge is 0.441 e. The van der Waals surface area contributed by atoms with Gasteiger partial charge in [-0.15, -0.1) is 0 Å². The first-order valence-corrected chi connectivity index (χ1v) is 6.80. The van der Waals surface area contributed by atoms with Gasteiger partial charge in [0.25, 0.3) is 0 Å². The Kier molecular flexibility index (Phi) is 4.73. The van der Waals surface area contributed by atoms with Gasteiger partial charge in [0.1, 0.15) is 6.04 Å². The molecule has 1 aliphatic rings. The molecule has 2 heterocycles. The van der Waals surface area contributed by atoms with E-state index in [2.05, 4.69) is 5.16 Å². The Labute approximate surface area is 116 Å². The summed E-state index contributed by atoms with van der Waals surface area (Å²) in [4.78, 5) is 22.3. The van der Waals surface area contributed by atoms with Gasteiger partial charge in [0.15, 0.2) is 5.82 Å². The monoisotopic (exact) mass is 281 g/mol. The Morgan fingerprint density at radius 2 is 2.35 bits per heavy atom. The van der Waals surface area contributed by atoms with Crippen molar-refractivity contribution in [1.82, 2.24) is 9.72 Å². The number of aliphatic carboxylic acids is 1. The maximum Gasteiger partial charge on any atom is 0.441 e. The molecule has 2 atom stereocenters. The molecule has 0 spiro atoms. The Balaban J connectivity index is 1.99. The van der Waals surface area contributed by atoms with Crippen molar-refractivity contribution in [2.24, 2.45) is 5.73 Å². The van der Waals surface area contributed by atoms with E-state index in [1.807, 2.05) is 6.08 Å². The van der Waals surface area contributed by atoms with Crippen LogP contribution in [0.25, 0.3) is 0 Å². The third-order valence-corrected chi connectivity index (χ3v) is 3.54. The van der Waals surface area contributed by atoms with Crippen LogP contribution in [-0.4, -0.2) is 26.8 Å². The molecule has 0 bridgehead atoms. The van der Waals surface area contributed by atoms with E-state index in [0.29, 0.717) is 12.2 Å². The van der Waals surface area contributed by atoms with E-state index in [1.165, 1.54) is 0 Å². The summed E-state index contributed by atoms with van der Waals surface area (Å²) >= 11 is 0. The summed E-state index contributed by atoms with van der Waals surface area (Å²) in [6.45, 7) is 0. The number of fused-ring (bicyclic) bond motifs is 1. The normalized spacial score (nSPS) is 20.6. The Hall–Kier alpha value is -1.89. The van der Waals surface area contributed by atoms with Gasteiger partial charge in [-0.1, -0.05) is 23.7 Å². The van der Waals surface area contributed by atoms with E-state index >= 15 is 0 Å². The number of carboxylic acid groups (broad SMARTS) is 1. The standard InChI is InChI=1S/C13H19N3O4/c14-10(12(17)18)7-3-1-5-9-6-2-4-8-11-15-20-13(19)16(9)11/h1,3,9-10H,2,4-8,14H2,(H,17,18)/b3-1+/t9-,10+/m0/s1. The van der Waals surface area contributed by atoms with Crippen LogP contribution in [0.15, 0.2) is 21.5 Å². The van der Waals surface area contributed by atoms with E-state index in [-0.39, 0.29) is 12.5 Å². The van der Waals surface area contributed by atoms with Crippen molar-refractivity contribution >= 4 is 5.97 Å². The Morgan fingerprint density at radius 1 is 1.55 bits per heavy atom. The van der Waals surface area contributed by atoms with Crippen molar-refractivity contribution in [3.63, 3.8) is 0 Å². The molecule has 0 saturated carbocycles.